The maximum atomic E-state index is 13.5. The van der Waals surface area contributed by atoms with Crippen LogP contribution in [0, 0.1) is 5.82 Å². The van der Waals surface area contributed by atoms with Gasteiger partial charge in [-0.2, -0.15) is 0 Å². The number of anilines is 1. The van der Waals surface area contributed by atoms with Gasteiger partial charge in [0.15, 0.2) is 0 Å². The van der Waals surface area contributed by atoms with E-state index in [2.05, 4.69) is 21.8 Å². The van der Waals surface area contributed by atoms with Crippen LogP contribution in [-0.2, 0) is 29.4 Å². The zero-order valence-corrected chi connectivity index (χ0v) is 18.0. The molecule has 2 aliphatic rings. The van der Waals surface area contributed by atoms with E-state index in [1.54, 1.807) is 13.2 Å². The molecule has 5 nitrogen and oxygen atoms in total. The Bertz CT molecular complexity index is 1260. The molecule has 31 heavy (non-hydrogen) atoms. The molecule has 1 N–H and O–H groups in total. The molecule has 2 heterocycles. The van der Waals surface area contributed by atoms with Crippen LogP contribution in [0.3, 0.4) is 0 Å². The van der Waals surface area contributed by atoms with Gasteiger partial charge in [-0.15, -0.1) is 0 Å². The van der Waals surface area contributed by atoms with Gasteiger partial charge in [-0.3, -0.25) is 9.62 Å². The third-order valence-corrected chi connectivity index (χ3v) is 7.55. The quantitative estimate of drug-likeness (QED) is 0.660. The first kappa shape index (κ1) is 20.0. The molecule has 160 valence electrons. The predicted molar refractivity (Wildman–Crippen MR) is 117 cm³/mol. The van der Waals surface area contributed by atoms with Crippen molar-refractivity contribution in [3.05, 3.63) is 88.7 Å². The van der Waals surface area contributed by atoms with Gasteiger partial charge in [-0.1, -0.05) is 18.2 Å². The van der Waals surface area contributed by atoms with Gasteiger partial charge < -0.3 is 4.74 Å². The lowest BCUT2D eigenvalue weighted by Gasteiger charge is -2.41. The fourth-order valence-electron chi connectivity index (χ4n) is 4.60. The molecular formula is C24H23FN2O3S. The summed E-state index contributed by atoms with van der Waals surface area (Å²) < 4.78 is 46.8. The number of rotatable bonds is 4. The maximum Gasteiger partial charge on any atom is 0.261 e. The highest BCUT2D eigenvalue weighted by atomic mass is 32.2. The Morgan fingerprint density at radius 3 is 2.71 bits per heavy atom. The van der Waals surface area contributed by atoms with Crippen molar-refractivity contribution >= 4 is 15.7 Å². The summed E-state index contributed by atoms with van der Waals surface area (Å²) in [7, 11) is -2.18. The number of hydrogen-bond acceptors (Lipinski definition) is 4. The van der Waals surface area contributed by atoms with Crippen LogP contribution < -0.4 is 9.46 Å². The van der Waals surface area contributed by atoms with E-state index in [1.807, 2.05) is 18.2 Å². The molecule has 0 bridgehead atoms. The molecular weight excluding hydrogens is 415 g/mol. The van der Waals surface area contributed by atoms with Gasteiger partial charge in [-0.25, -0.2) is 12.8 Å². The van der Waals surface area contributed by atoms with Crippen LogP contribution in [0.15, 0.2) is 65.6 Å². The molecule has 1 unspecified atom stereocenters. The molecule has 3 aromatic carbocycles. The van der Waals surface area contributed by atoms with Crippen molar-refractivity contribution in [2.45, 2.75) is 30.3 Å². The fraction of sp³-hybridized carbons (Fsp3) is 0.250. The molecule has 0 aliphatic carbocycles. The highest BCUT2D eigenvalue weighted by Crippen LogP contribution is 2.39. The van der Waals surface area contributed by atoms with E-state index < -0.39 is 15.8 Å². The number of halogens is 1. The van der Waals surface area contributed by atoms with Gasteiger partial charge in [0, 0.05) is 24.8 Å². The van der Waals surface area contributed by atoms with Crippen LogP contribution in [0.25, 0.3) is 0 Å². The highest BCUT2D eigenvalue weighted by Gasteiger charge is 2.32. The number of nitrogens with one attached hydrogen (secondary N) is 1. The van der Waals surface area contributed by atoms with Crippen LogP contribution in [0.2, 0.25) is 0 Å². The van der Waals surface area contributed by atoms with Crippen molar-refractivity contribution in [1.82, 2.24) is 4.90 Å². The lowest BCUT2D eigenvalue weighted by Crippen LogP contribution is -2.39. The number of benzene rings is 3. The first-order valence-corrected chi connectivity index (χ1v) is 11.7. The Kier molecular flexibility index (Phi) is 4.95. The van der Waals surface area contributed by atoms with Crippen LogP contribution >= 0.6 is 0 Å². The molecule has 0 spiro atoms. The summed E-state index contributed by atoms with van der Waals surface area (Å²) in [5.74, 6) is 0.290. The Morgan fingerprint density at radius 1 is 1.03 bits per heavy atom. The molecule has 0 fully saturated rings. The normalized spacial score (nSPS) is 17.9. The predicted octanol–water partition coefficient (Wildman–Crippen LogP) is 4.29. The molecule has 2 aliphatic heterocycles. The minimum Gasteiger partial charge on any atom is -0.497 e. The Morgan fingerprint density at radius 2 is 1.90 bits per heavy atom. The number of methoxy groups -OCH3 is 1. The summed E-state index contributed by atoms with van der Waals surface area (Å²) in [6.07, 6.45) is 1.80. The minimum atomic E-state index is -3.86. The van der Waals surface area contributed by atoms with E-state index in [1.165, 1.54) is 34.9 Å². The first-order chi connectivity index (χ1) is 14.9. The zero-order valence-electron chi connectivity index (χ0n) is 17.1. The zero-order chi connectivity index (χ0) is 21.6. The molecule has 1 atom stereocenters. The third kappa shape index (κ3) is 3.79. The lowest BCUT2D eigenvalue weighted by molar-refractivity contribution is 0.161. The van der Waals surface area contributed by atoms with Crippen molar-refractivity contribution in [3.63, 3.8) is 0 Å². The van der Waals surface area contributed by atoms with E-state index in [0.29, 0.717) is 5.69 Å². The lowest BCUT2D eigenvalue weighted by atomic mass is 9.84. The molecule has 7 heteroatoms. The number of ether oxygens (including phenoxy) is 1. The number of hydrogen-bond donors (Lipinski definition) is 1. The van der Waals surface area contributed by atoms with Gasteiger partial charge in [0.05, 0.1) is 12.0 Å². The van der Waals surface area contributed by atoms with E-state index >= 15 is 0 Å². The van der Waals surface area contributed by atoms with Gasteiger partial charge in [0.1, 0.15) is 11.6 Å². The SMILES string of the molecule is COc1ccc2c(c1)CCN1Cc3ccc(NS(=O)(=O)c4cccc(F)c4)cc3CC21. The largest absolute Gasteiger partial charge is 0.497 e. The second-order valence-electron chi connectivity index (χ2n) is 8.05. The standard InChI is InChI=1S/C24H23FN2O3S/c1-30-21-7-8-23-16(12-21)9-10-27-15-17-5-6-20(11-18(17)13-24(23)27)26-31(28,29)22-4-2-3-19(25)14-22/h2-8,11-12,14,24,26H,9-10,13,15H2,1H3. The number of nitrogens with zero attached hydrogens (tertiary/aromatic N) is 1. The van der Waals surface area contributed by atoms with Crippen LogP contribution in [-0.4, -0.2) is 27.0 Å². The Hall–Kier alpha value is -2.90. The van der Waals surface area contributed by atoms with E-state index in [-0.39, 0.29) is 10.9 Å². The van der Waals surface area contributed by atoms with Crippen molar-refractivity contribution in [3.8, 4) is 5.75 Å². The maximum absolute atomic E-state index is 13.5. The first-order valence-electron chi connectivity index (χ1n) is 10.2. The van der Waals surface area contributed by atoms with E-state index in [4.69, 9.17) is 4.74 Å². The van der Waals surface area contributed by atoms with Crippen LogP contribution in [0.4, 0.5) is 10.1 Å². The average Bonchev–Trinajstić information content (AvgIpc) is 2.77. The Balaban J connectivity index is 1.43. The molecule has 3 aromatic rings. The minimum absolute atomic E-state index is 0.0912. The van der Waals surface area contributed by atoms with Crippen molar-refractivity contribution in [2.75, 3.05) is 18.4 Å². The van der Waals surface area contributed by atoms with Crippen molar-refractivity contribution in [1.29, 1.82) is 0 Å². The van der Waals surface area contributed by atoms with Gasteiger partial charge in [-0.05, 0) is 77.6 Å². The molecule has 0 aromatic heterocycles. The average molecular weight is 439 g/mol. The summed E-state index contributed by atoms with van der Waals surface area (Å²) >= 11 is 0. The molecule has 5 rings (SSSR count). The van der Waals surface area contributed by atoms with E-state index in [0.717, 1.165) is 43.3 Å². The van der Waals surface area contributed by atoms with Crippen molar-refractivity contribution in [2.24, 2.45) is 0 Å². The van der Waals surface area contributed by atoms with Gasteiger partial charge >= 0.3 is 0 Å². The van der Waals surface area contributed by atoms with Crippen molar-refractivity contribution < 1.29 is 17.5 Å². The number of sulfonamides is 1. The van der Waals surface area contributed by atoms with E-state index in [9.17, 15) is 12.8 Å². The monoisotopic (exact) mass is 438 g/mol. The Labute approximate surface area is 181 Å². The fourth-order valence-corrected chi connectivity index (χ4v) is 5.69. The second kappa shape index (κ2) is 7.66. The molecule has 0 amide bonds. The second-order valence-corrected chi connectivity index (χ2v) is 9.73. The highest BCUT2D eigenvalue weighted by molar-refractivity contribution is 7.92. The summed E-state index contributed by atoms with van der Waals surface area (Å²) in [5, 5.41) is 0. The summed E-state index contributed by atoms with van der Waals surface area (Å²) in [6, 6.07) is 17.2. The van der Waals surface area contributed by atoms with Gasteiger partial charge in [0.2, 0.25) is 0 Å². The number of fused-ring (bicyclic) bond motifs is 4. The molecule has 0 radical (unpaired) electrons. The van der Waals surface area contributed by atoms with Crippen LogP contribution in [0.5, 0.6) is 5.75 Å². The summed E-state index contributed by atoms with van der Waals surface area (Å²) in [5.41, 5.74) is 5.45. The summed E-state index contributed by atoms with van der Waals surface area (Å²) in [4.78, 5) is 2.39. The molecule has 0 saturated heterocycles. The van der Waals surface area contributed by atoms with Crippen LogP contribution in [0.1, 0.15) is 28.3 Å². The van der Waals surface area contributed by atoms with Gasteiger partial charge in [0.25, 0.3) is 10.0 Å². The topological polar surface area (TPSA) is 58.6 Å². The smallest absolute Gasteiger partial charge is 0.261 e. The molecule has 0 saturated carbocycles. The third-order valence-electron chi connectivity index (χ3n) is 6.17. The summed E-state index contributed by atoms with van der Waals surface area (Å²) in [6.45, 7) is 1.82.